The summed E-state index contributed by atoms with van der Waals surface area (Å²) in [4.78, 5) is 23.0. The van der Waals surface area contributed by atoms with Crippen LogP contribution in [0.3, 0.4) is 0 Å². The van der Waals surface area contributed by atoms with Gasteiger partial charge in [0.25, 0.3) is 0 Å². The third-order valence-corrected chi connectivity index (χ3v) is 3.33. The summed E-state index contributed by atoms with van der Waals surface area (Å²) >= 11 is 0. The first-order chi connectivity index (χ1) is 9.66. The van der Waals surface area contributed by atoms with Crippen molar-refractivity contribution in [2.24, 2.45) is 5.92 Å². The molecule has 0 spiro atoms. The average Bonchev–Trinajstić information content (AvgIpc) is 2.94. The molecule has 20 heavy (non-hydrogen) atoms. The predicted octanol–water partition coefficient (Wildman–Crippen LogP) is 1.18. The highest BCUT2D eigenvalue weighted by Crippen LogP contribution is 2.16. The minimum Gasteiger partial charge on any atom is -0.490 e. The molecule has 0 amide bonds. The van der Waals surface area contributed by atoms with E-state index in [1.54, 1.807) is 6.92 Å². The van der Waals surface area contributed by atoms with E-state index in [0.29, 0.717) is 19.6 Å². The molecule has 0 aliphatic carbocycles. The number of benzene rings is 1. The fourth-order valence-corrected chi connectivity index (χ4v) is 2.14. The van der Waals surface area contributed by atoms with Gasteiger partial charge in [-0.15, -0.1) is 0 Å². The van der Waals surface area contributed by atoms with Crippen LogP contribution in [0, 0.1) is 5.92 Å². The molecule has 1 aliphatic heterocycles. The van der Waals surface area contributed by atoms with Crippen molar-refractivity contribution in [3.63, 3.8) is 0 Å². The van der Waals surface area contributed by atoms with Crippen LogP contribution in [0.25, 0.3) is 0 Å². The van der Waals surface area contributed by atoms with Gasteiger partial charge in [0.1, 0.15) is 30.8 Å². The maximum atomic E-state index is 11.8. The Morgan fingerprint density at radius 1 is 1.25 bits per heavy atom. The highest BCUT2D eigenvalue weighted by molar-refractivity contribution is 5.82. The lowest BCUT2D eigenvalue weighted by atomic mass is 10.0. The molecule has 1 heterocycles. The van der Waals surface area contributed by atoms with Gasteiger partial charge in [-0.1, -0.05) is 18.2 Å². The number of esters is 1. The molecule has 1 fully saturated rings. The molecule has 5 heteroatoms. The summed E-state index contributed by atoms with van der Waals surface area (Å²) in [5.74, 6) is 0.470. The van der Waals surface area contributed by atoms with Gasteiger partial charge in [0.15, 0.2) is 0 Å². The van der Waals surface area contributed by atoms with E-state index in [1.807, 2.05) is 30.3 Å². The van der Waals surface area contributed by atoms with E-state index in [0.717, 1.165) is 5.75 Å². The Bertz CT molecular complexity index is 460. The number of rotatable bonds is 6. The van der Waals surface area contributed by atoms with E-state index in [4.69, 9.17) is 9.47 Å². The lowest BCUT2D eigenvalue weighted by molar-refractivity contribution is -0.146. The van der Waals surface area contributed by atoms with Gasteiger partial charge in [0.2, 0.25) is 0 Å². The second-order valence-electron chi connectivity index (χ2n) is 4.83. The van der Waals surface area contributed by atoms with Crippen molar-refractivity contribution in [3.8, 4) is 5.75 Å². The Morgan fingerprint density at radius 2 is 2.00 bits per heavy atom. The van der Waals surface area contributed by atoms with Crippen molar-refractivity contribution in [3.05, 3.63) is 30.3 Å². The van der Waals surface area contributed by atoms with Crippen LogP contribution in [0.2, 0.25) is 0 Å². The number of carbonyl (C=O) groups is 2. The van der Waals surface area contributed by atoms with Crippen molar-refractivity contribution >= 4 is 11.8 Å². The zero-order valence-corrected chi connectivity index (χ0v) is 11.5. The fraction of sp³-hybridized carbons (Fsp3) is 0.467. The van der Waals surface area contributed by atoms with Gasteiger partial charge >= 0.3 is 5.97 Å². The fourth-order valence-electron chi connectivity index (χ4n) is 2.14. The van der Waals surface area contributed by atoms with E-state index in [9.17, 15) is 9.59 Å². The summed E-state index contributed by atoms with van der Waals surface area (Å²) in [6.07, 6.45) is 0.522. The molecule has 1 aromatic rings. The zero-order valence-electron chi connectivity index (χ0n) is 11.5. The number of Topliss-reactive ketones (excluding diaryl/α,β-unsaturated/α-hetero) is 1. The highest BCUT2D eigenvalue weighted by atomic mass is 16.6. The normalized spacial score (nSPS) is 21.4. The monoisotopic (exact) mass is 277 g/mol. The van der Waals surface area contributed by atoms with Gasteiger partial charge in [-0.3, -0.25) is 9.59 Å². The van der Waals surface area contributed by atoms with E-state index in [2.05, 4.69) is 5.32 Å². The smallest absolute Gasteiger partial charge is 0.323 e. The molecular weight excluding hydrogens is 258 g/mol. The maximum Gasteiger partial charge on any atom is 0.323 e. The third-order valence-electron chi connectivity index (χ3n) is 3.33. The summed E-state index contributed by atoms with van der Waals surface area (Å²) < 4.78 is 10.6. The predicted molar refractivity (Wildman–Crippen MR) is 73.5 cm³/mol. The number of ketones is 1. The molecule has 5 nitrogen and oxygen atoms in total. The van der Waals surface area contributed by atoms with Crippen LogP contribution < -0.4 is 10.1 Å². The number of para-hydroxylation sites is 1. The van der Waals surface area contributed by atoms with Crippen LogP contribution >= 0.6 is 0 Å². The van der Waals surface area contributed by atoms with Crippen LogP contribution in [0.15, 0.2) is 30.3 Å². The van der Waals surface area contributed by atoms with Crippen LogP contribution in [-0.2, 0) is 14.3 Å². The second-order valence-corrected chi connectivity index (χ2v) is 4.83. The van der Waals surface area contributed by atoms with Gasteiger partial charge < -0.3 is 14.8 Å². The molecule has 0 radical (unpaired) electrons. The van der Waals surface area contributed by atoms with Crippen molar-refractivity contribution in [1.29, 1.82) is 0 Å². The lowest BCUT2D eigenvalue weighted by Gasteiger charge is -2.11. The maximum absolute atomic E-state index is 11.8. The summed E-state index contributed by atoms with van der Waals surface area (Å²) in [6, 6.07) is 8.98. The number of hydrogen-bond donors (Lipinski definition) is 1. The average molecular weight is 277 g/mol. The quantitative estimate of drug-likeness (QED) is 0.625. The Morgan fingerprint density at radius 3 is 2.65 bits per heavy atom. The molecule has 2 rings (SSSR count). The first-order valence-electron chi connectivity index (χ1n) is 6.75. The Kier molecular flexibility index (Phi) is 5.12. The molecule has 1 aromatic carbocycles. The van der Waals surface area contributed by atoms with Crippen molar-refractivity contribution in [2.45, 2.75) is 19.4 Å². The Hall–Kier alpha value is -1.88. The molecule has 2 atom stereocenters. The van der Waals surface area contributed by atoms with Crippen LogP contribution in [0.1, 0.15) is 13.3 Å². The minimum absolute atomic E-state index is 0.0758. The molecule has 1 aliphatic rings. The molecule has 1 saturated heterocycles. The largest absolute Gasteiger partial charge is 0.490 e. The van der Waals surface area contributed by atoms with Crippen LogP contribution in [-0.4, -0.2) is 37.6 Å². The van der Waals surface area contributed by atoms with Crippen LogP contribution in [0.5, 0.6) is 5.75 Å². The standard InChI is InChI=1S/C15H19NO4/c1-11(17)12-9-14(16-10-12)15(18)20-8-7-19-13-5-3-2-4-6-13/h2-6,12,14,16H,7-10H2,1H3. The zero-order chi connectivity index (χ0) is 14.4. The summed E-state index contributed by atoms with van der Waals surface area (Å²) in [6.45, 7) is 2.62. The van der Waals surface area contributed by atoms with E-state index >= 15 is 0 Å². The highest BCUT2D eigenvalue weighted by Gasteiger charge is 2.32. The topological polar surface area (TPSA) is 64.6 Å². The Labute approximate surface area is 118 Å². The number of nitrogens with one attached hydrogen (secondary N) is 1. The summed E-state index contributed by atoms with van der Waals surface area (Å²) in [5, 5.41) is 3.01. The van der Waals surface area contributed by atoms with Gasteiger partial charge in [-0.25, -0.2) is 0 Å². The summed E-state index contributed by atoms with van der Waals surface area (Å²) in [5.41, 5.74) is 0. The van der Waals surface area contributed by atoms with Gasteiger partial charge in [-0.05, 0) is 25.5 Å². The third kappa shape index (κ3) is 4.06. The molecule has 0 bridgehead atoms. The SMILES string of the molecule is CC(=O)C1CNC(C(=O)OCCOc2ccccc2)C1. The van der Waals surface area contributed by atoms with Gasteiger partial charge in [0.05, 0.1) is 0 Å². The van der Waals surface area contributed by atoms with Gasteiger partial charge in [-0.2, -0.15) is 0 Å². The molecule has 2 unspecified atom stereocenters. The number of ether oxygens (including phenoxy) is 2. The van der Waals surface area contributed by atoms with Crippen LogP contribution in [0.4, 0.5) is 0 Å². The molecule has 108 valence electrons. The van der Waals surface area contributed by atoms with E-state index in [-0.39, 0.29) is 30.3 Å². The number of hydrogen-bond acceptors (Lipinski definition) is 5. The first kappa shape index (κ1) is 14.5. The van der Waals surface area contributed by atoms with Crippen molar-refractivity contribution in [1.82, 2.24) is 5.32 Å². The molecule has 1 N–H and O–H groups in total. The van der Waals surface area contributed by atoms with Crippen molar-refractivity contribution in [2.75, 3.05) is 19.8 Å². The molecule has 0 aromatic heterocycles. The lowest BCUT2D eigenvalue weighted by Crippen LogP contribution is -2.33. The van der Waals surface area contributed by atoms with Gasteiger partial charge in [0, 0.05) is 12.5 Å². The van der Waals surface area contributed by atoms with E-state index in [1.165, 1.54) is 0 Å². The molecular formula is C15H19NO4. The first-order valence-corrected chi connectivity index (χ1v) is 6.75. The Balaban J connectivity index is 1.65. The minimum atomic E-state index is -0.374. The molecule has 0 saturated carbocycles. The number of carbonyl (C=O) groups excluding carboxylic acids is 2. The second kappa shape index (κ2) is 7.05. The summed E-state index contributed by atoms with van der Waals surface area (Å²) in [7, 11) is 0. The van der Waals surface area contributed by atoms with E-state index < -0.39 is 0 Å². The van der Waals surface area contributed by atoms with Crippen molar-refractivity contribution < 1.29 is 19.1 Å².